The van der Waals surface area contributed by atoms with E-state index in [2.05, 4.69) is 5.32 Å². The Morgan fingerprint density at radius 3 is 2.71 bits per heavy atom. The van der Waals surface area contributed by atoms with Crippen LogP contribution in [-0.4, -0.2) is 48.2 Å². The molecule has 1 spiro atoms. The molecule has 1 saturated carbocycles. The molecule has 0 radical (unpaired) electrons. The first kappa shape index (κ1) is 13.3. The van der Waals surface area contributed by atoms with Crippen LogP contribution in [0.25, 0.3) is 0 Å². The average molecular weight is 243 g/mol. The predicted molar refractivity (Wildman–Crippen MR) is 65.8 cm³/mol. The van der Waals surface area contributed by atoms with E-state index in [1.807, 2.05) is 0 Å². The Bertz CT molecular complexity index is 249. The average Bonchev–Trinajstić information content (AvgIpc) is 2.70. The monoisotopic (exact) mass is 243 g/mol. The minimum atomic E-state index is -1.01. The van der Waals surface area contributed by atoms with E-state index in [0.717, 1.165) is 26.1 Å². The Labute approximate surface area is 103 Å². The van der Waals surface area contributed by atoms with Gasteiger partial charge in [-0.05, 0) is 38.0 Å². The Kier molecular flexibility index (Phi) is 4.08. The Hall–Kier alpha value is -0.160. The van der Waals surface area contributed by atoms with Crippen LogP contribution < -0.4 is 5.32 Å². The second-order valence-electron chi connectivity index (χ2n) is 5.96. The van der Waals surface area contributed by atoms with Crippen LogP contribution in [-0.2, 0) is 4.74 Å². The third-order valence-electron chi connectivity index (χ3n) is 4.47. The molecular weight excluding hydrogens is 218 g/mol. The van der Waals surface area contributed by atoms with Crippen LogP contribution in [0.2, 0.25) is 0 Å². The van der Waals surface area contributed by atoms with E-state index >= 15 is 0 Å². The fourth-order valence-electron chi connectivity index (χ4n) is 3.23. The van der Waals surface area contributed by atoms with Gasteiger partial charge in [0, 0.05) is 25.8 Å². The van der Waals surface area contributed by atoms with E-state index in [-0.39, 0.29) is 6.61 Å². The van der Waals surface area contributed by atoms with Gasteiger partial charge in [-0.1, -0.05) is 6.42 Å². The fraction of sp³-hybridized carbons (Fsp3) is 1.00. The number of aliphatic hydroxyl groups excluding tert-OH is 1. The molecule has 4 nitrogen and oxygen atoms in total. The first-order valence-electron chi connectivity index (χ1n) is 6.72. The van der Waals surface area contributed by atoms with Crippen molar-refractivity contribution in [3.63, 3.8) is 0 Å². The Morgan fingerprint density at radius 2 is 2.06 bits per heavy atom. The molecule has 0 aromatic heterocycles. The molecule has 0 amide bonds. The SMILES string of the molecule is CC(O)(CO)CNC1CCCC12CCOCC2. The fourth-order valence-corrected chi connectivity index (χ4v) is 3.23. The first-order valence-corrected chi connectivity index (χ1v) is 6.72. The van der Waals surface area contributed by atoms with Gasteiger partial charge in [0.15, 0.2) is 0 Å². The van der Waals surface area contributed by atoms with Crippen molar-refractivity contribution in [2.45, 2.75) is 50.7 Å². The summed E-state index contributed by atoms with van der Waals surface area (Å²) < 4.78 is 5.45. The van der Waals surface area contributed by atoms with E-state index < -0.39 is 5.60 Å². The molecule has 1 heterocycles. The lowest BCUT2D eigenvalue weighted by atomic mass is 9.75. The summed E-state index contributed by atoms with van der Waals surface area (Å²) in [6, 6.07) is 0.476. The van der Waals surface area contributed by atoms with Crippen molar-refractivity contribution in [1.82, 2.24) is 5.32 Å². The molecular formula is C13H25NO3. The van der Waals surface area contributed by atoms with E-state index in [1.54, 1.807) is 6.92 Å². The highest BCUT2D eigenvalue weighted by Gasteiger charge is 2.43. The zero-order chi connectivity index (χ0) is 12.4. The summed E-state index contributed by atoms with van der Waals surface area (Å²) in [6.45, 7) is 3.69. The van der Waals surface area contributed by atoms with Crippen LogP contribution >= 0.6 is 0 Å². The summed E-state index contributed by atoms with van der Waals surface area (Å²) in [7, 11) is 0. The maximum atomic E-state index is 9.83. The van der Waals surface area contributed by atoms with Crippen LogP contribution in [0, 0.1) is 5.41 Å². The molecule has 3 N–H and O–H groups in total. The molecule has 2 fully saturated rings. The third kappa shape index (κ3) is 2.99. The lowest BCUT2D eigenvalue weighted by Gasteiger charge is -2.40. The highest BCUT2D eigenvalue weighted by molar-refractivity contribution is 4.98. The van der Waals surface area contributed by atoms with Crippen molar-refractivity contribution >= 4 is 0 Å². The standard InChI is InChI=1S/C13H25NO3/c1-12(16,10-15)9-14-11-3-2-4-13(11)5-7-17-8-6-13/h11,14-16H,2-10H2,1H3. The Morgan fingerprint density at radius 1 is 1.35 bits per heavy atom. The molecule has 1 saturated heterocycles. The molecule has 1 aliphatic carbocycles. The molecule has 1 aliphatic heterocycles. The molecule has 2 unspecified atom stereocenters. The molecule has 0 aromatic carbocycles. The molecule has 4 heteroatoms. The highest BCUT2D eigenvalue weighted by Crippen LogP contribution is 2.45. The van der Waals surface area contributed by atoms with Crippen molar-refractivity contribution in [2.24, 2.45) is 5.41 Å². The van der Waals surface area contributed by atoms with Gasteiger partial charge in [-0.2, -0.15) is 0 Å². The van der Waals surface area contributed by atoms with Gasteiger partial charge in [0.25, 0.3) is 0 Å². The number of nitrogens with one attached hydrogen (secondary N) is 1. The summed E-state index contributed by atoms with van der Waals surface area (Å²) in [5.41, 5.74) is -0.626. The van der Waals surface area contributed by atoms with Crippen molar-refractivity contribution in [1.29, 1.82) is 0 Å². The summed E-state index contributed by atoms with van der Waals surface area (Å²) in [5, 5.41) is 22.4. The largest absolute Gasteiger partial charge is 0.393 e. The number of hydrogen-bond donors (Lipinski definition) is 3. The number of rotatable bonds is 4. The van der Waals surface area contributed by atoms with E-state index in [4.69, 9.17) is 9.84 Å². The van der Waals surface area contributed by atoms with Gasteiger partial charge in [0.05, 0.1) is 12.2 Å². The van der Waals surface area contributed by atoms with Gasteiger partial charge in [0.2, 0.25) is 0 Å². The molecule has 17 heavy (non-hydrogen) atoms. The van der Waals surface area contributed by atoms with E-state index in [1.165, 1.54) is 19.3 Å². The smallest absolute Gasteiger partial charge is 0.0972 e. The van der Waals surface area contributed by atoms with Crippen LogP contribution in [0.3, 0.4) is 0 Å². The van der Waals surface area contributed by atoms with Crippen molar-refractivity contribution < 1.29 is 14.9 Å². The summed E-state index contributed by atoms with van der Waals surface area (Å²) >= 11 is 0. The minimum absolute atomic E-state index is 0.192. The van der Waals surface area contributed by atoms with Gasteiger partial charge in [0.1, 0.15) is 0 Å². The molecule has 2 aliphatic rings. The highest BCUT2D eigenvalue weighted by atomic mass is 16.5. The molecule has 0 aromatic rings. The van der Waals surface area contributed by atoms with Crippen LogP contribution in [0.4, 0.5) is 0 Å². The predicted octanol–water partition coefficient (Wildman–Crippen LogP) is 0.669. The van der Waals surface area contributed by atoms with Crippen LogP contribution in [0.5, 0.6) is 0 Å². The van der Waals surface area contributed by atoms with Crippen LogP contribution in [0.15, 0.2) is 0 Å². The zero-order valence-corrected chi connectivity index (χ0v) is 10.7. The molecule has 2 rings (SSSR count). The number of ether oxygens (including phenoxy) is 1. The summed E-state index contributed by atoms with van der Waals surface area (Å²) in [5.74, 6) is 0. The molecule has 100 valence electrons. The van der Waals surface area contributed by atoms with Gasteiger partial charge in [-0.25, -0.2) is 0 Å². The second-order valence-corrected chi connectivity index (χ2v) is 5.96. The van der Waals surface area contributed by atoms with Crippen molar-refractivity contribution in [3.05, 3.63) is 0 Å². The van der Waals surface area contributed by atoms with Crippen molar-refractivity contribution in [3.8, 4) is 0 Å². The quantitative estimate of drug-likeness (QED) is 0.679. The van der Waals surface area contributed by atoms with Gasteiger partial charge in [-0.3, -0.25) is 0 Å². The lowest BCUT2D eigenvalue weighted by Crippen LogP contribution is -2.50. The minimum Gasteiger partial charge on any atom is -0.393 e. The third-order valence-corrected chi connectivity index (χ3v) is 4.47. The normalized spacial score (nSPS) is 31.6. The zero-order valence-electron chi connectivity index (χ0n) is 10.7. The Balaban J connectivity index is 1.91. The number of hydrogen-bond acceptors (Lipinski definition) is 4. The second kappa shape index (κ2) is 5.22. The van der Waals surface area contributed by atoms with Crippen molar-refractivity contribution in [2.75, 3.05) is 26.4 Å². The summed E-state index contributed by atoms with van der Waals surface area (Å²) in [6.07, 6.45) is 5.98. The topological polar surface area (TPSA) is 61.7 Å². The van der Waals surface area contributed by atoms with Gasteiger partial charge < -0.3 is 20.3 Å². The molecule has 0 bridgehead atoms. The van der Waals surface area contributed by atoms with Crippen LogP contribution in [0.1, 0.15) is 39.0 Å². The maximum Gasteiger partial charge on any atom is 0.0972 e. The van der Waals surface area contributed by atoms with Gasteiger partial charge in [-0.15, -0.1) is 0 Å². The first-order chi connectivity index (χ1) is 8.08. The summed E-state index contributed by atoms with van der Waals surface area (Å²) in [4.78, 5) is 0. The van der Waals surface area contributed by atoms with Gasteiger partial charge >= 0.3 is 0 Å². The number of aliphatic hydroxyl groups is 2. The van der Waals surface area contributed by atoms with E-state index in [0.29, 0.717) is 18.0 Å². The molecule has 2 atom stereocenters. The maximum absolute atomic E-state index is 9.83. The lowest BCUT2D eigenvalue weighted by molar-refractivity contribution is -0.0179. The van der Waals surface area contributed by atoms with E-state index in [9.17, 15) is 5.11 Å².